The molecule has 1 heterocycles. The Kier molecular flexibility index (Phi) is 4.04. The molecule has 1 N–H and O–H groups in total. The third-order valence-corrected chi connectivity index (χ3v) is 3.70. The number of nitrogens with one attached hydrogen (secondary N) is 1. The van der Waals surface area contributed by atoms with Crippen LogP contribution < -0.4 is 5.32 Å². The summed E-state index contributed by atoms with van der Waals surface area (Å²) in [5, 5.41) is 6.22. The van der Waals surface area contributed by atoms with Gasteiger partial charge in [-0.1, -0.05) is 27.2 Å². The molecule has 4 nitrogen and oxygen atoms in total. The largest absolute Gasteiger partial charge is 0.420 e. The average Bonchev–Trinajstić information content (AvgIpc) is 2.88. The highest BCUT2D eigenvalue weighted by Gasteiger charge is 2.38. The second-order valence-corrected chi connectivity index (χ2v) is 5.70. The predicted octanol–water partition coefficient (Wildman–Crippen LogP) is 5.00. The van der Waals surface area contributed by atoms with E-state index in [1.165, 1.54) is 0 Å². The van der Waals surface area contributed by atoms with Gasteiger partial charge in [0, 0.05) is 4.47 Å². The van der Waals surface area contributed by atoms with E-state index in [0.29, 0.717) is 21.5 Å². The van der Waals surface area contributed by atoms with Crippen LogP contribution in [0.4, 0.5) is 23.4 Å². The second kappa shape index (κ2) is 5.90. The molecule has 0 aliphatic carbocycles. The van der Waals surface area contributed by atoms with Crippen molar-refractivity contribution in [1.82, 2.24) is 5.16 Å². The number of carbonyl (C=O) groups is 1. The molecule has 0 saturated carbocycles. The lowest BCUT2D eigenvalue weighted by Crippen LogP contribution is -2.20. The Morgan fingerprint density at radius 1 is 1.21 bits per heavy atom. The molecule has 0 saturated heterocycles. The van der Waals surface area contributed by atoms with E-state index in [0.717, 1.165) is 12.1 Å². The lowest BCUT2D eigenvalue weighted by Gasteiger charge is -2.12. The molecule has 124 valence electrons. The molecular weight excluding hydrogens is 396 g/mol. The predicted molar refractivity (Wildman–Crippen MR) is 81.1 cm³/mol. The molecule has 0 aliphatic heterocycles. The summed E-state index contributed by atoms with van der Waals surface area (Å²) < 4.78 is 58.2. The van der Waals surface area contributed by atoms with Crippen molar-refractivity contribution in [3.05, 3.63) is 57.8 Å². The third-order valence-electron chi connectivity index (χ3n) is 3.21. The van der Waals surface area contributed by atoms with Crippen LogP contribution in [0, 0.1) is 5.82 Å². The molecule has 3 rings (SSSR count). The van der Waals surface area contributed by atoms with Crippen molar-refractivity contribution in [2.75, 3.05) is 5.32 Å². The number of nitrogens with zero attached hydrogens (tertiary/aromatic N) is 1. The summed E-state index contributed by atoms with van der Waals surface area (Å²) >= 11 is 3.23. The lowest BCUT2D eigenvalue weighted by molar-refractivity contribution is -0.140. The highest BCUT2D eigenvalue weighted by molar-refractivity contribution is 9.10. The Morgan fingerprint density at radius 3 is 2.67 bits per heavy atom. The standard InChI is InChI=1S/C15H7BrF4N2O2/c16-7-4-5-11-9(6-7)13(22-24-11)21-14(23)8-2-1-3-10(17)12(8)15(18,19)20/h1-6H,(H,21,22,23). The van der Waals surface area contributed by atoms with Gasteiger partial charge in [-0.05, 0) is 30.3 Å². The van der Waals surface area contributed by atoms with Gasteiger partial charge < -0.3 is 9.84 Å². The molecule has 1 amide bonds. The number of aromatic nitrogens is 1. The molecular formula is C15H7BrF4N2O2. The summed E-state index contributed by atoms with van der Waals surface area (Å²) in [5.41, 5.74) is -2.13. The van der Waals surface area contributed by atoms with Gasteiger partial charge in [0.25, 0.3) is 5.91 Å². The number of amides is 1. The fourth-order valence-corrected chi connectivity index (χ4v) is 2.54. The van der Waals surface area contributed by atoms with Gasteiger partial charge in [-0.25, -0.2) is 4.39 Å². The maximum Gasteiger partial charge on any atom is 0.420 e. The topological polar surface area (TPSA) is 55.1 Å². The minimum Gasteiger partial charge on any atom is -0.354 e. The molecule has 2 aromatic carbocycles. The van der Waals surface area contributed by atoms with Crippen molar-refractivity contribution in [3.8, 4) is 0 Å². The maximum absolute atomic E-state index is 13.6. The molecule has 0 atom stereocenters. The number of anilines is 1. The SMILES string of the molecule is O=C(Nc1noc2ccc(Br)cc12)c1cccc(F)c1C(F)(F)F. The second-order valence-electron chi connectivity index (χ2n) is 4.79. The third kappa shape index (κ3) is 2.99. The molecule has 0 fully saturated rings. The first kappa shape index (κ1) is 16.4. The van der Waals surface area contributed by atoms with Gasteiger partial charge in [-0.15, -0.1) is 0 Å². The lowest BCUT2D eigenvalue weighted by atomic mass is 10.1. The van der Waals surface area contributed by atoms with E-state index in [9.17, 15) is 22.4 Å². The number of hydrogen-bond donors (Lipinski definition) is 1. The Morgan fingerprint density at radius 2 is 1.96 bits per heavy atom. The van der Waals surface area contributed by atoms with Crippen LogP contribution in [0.1, 0.15) is 15.9 Å². The molecule has 3 aromatic rings. The number of alkyl halides is 3. The number of rotatable bonds is 2. The van der Waals surface area contributed by atoms with Gasteiger partial charge in [0.15, 0.2) is 11.4 Å². The number of carbonyl (C=O) groups excluding carboxylic acids is 1. The van der Waals surface area contributed by atoms with Crippen LogP contribution in [0.2, 0.25) is 0 Å². The summed E-state index contributed by atoms with van der Waals surface area (Å²) in [4.78, 5) is 12.2. The summed E-state index contributed by atoms with van der Waals surface area (Å²) in [5.74, 6) is -2.73. The van der Waals surface area contributed by atoms with Crippen LogP contribution in [0.25, 0.3) is 11.0 Å². The summed E-state index contributed by atoms with van der Waals surface area (Å²) in [7, 11) is 0. The highest BCUT2D eigenvalue weighted by atomic mass is 79.9. The molecule has 0 bridgehead atoms. The monoisotopic (exact) mass is 402 g/mol. The van der Waals surface area contributed by atoms with Crippen molar-refractivity contribution in [2.45, 2.75) is 6.18 Å². The number of fused-ring (bicyclic) bond motifs is 1. The quantitative estimate of drug-likeness (QED) is 0.613. The minimum atomic E-state index is -5.01. The molecule has 24 heavy (non-hydrogen) atoms. The zero-order chi connectivity index (χ0) is 17.5. The van der Waals surface area contributed by atoms with E-state index >= 15 is 0 Å². The molecule has 0 unspecified atom stereocenters. The summed E-state index contributed by atoms with van der Waals surface area (Å²) in [6.45, 7) is 0. The minimum absolute atomic E-state index is 0.0614. The van der Waals surface area contributed by atoms with E-state index in [1.807, 2.05) is 0 Å². The first-order valence-electron chi connectivity index (χ1n) is 6.49. The zero-order valence-electron chi connectivity index (χ0n) is 11.6. The van der Waals surface area contributed by atoms with Crippen molar-refractivity contribution < 1.29 is 26.9 Å². The number of halogens is 5. The number of benzene rings is 2. The van der Waals surface area contributed by atoms with E-state index in [2.05, 4.69) is 26.4 Å². The zero-order valence-corrected chi connectivity index (χ0v) is 13.2. The van der Waals surface area contributed by atoms with E-state index in [4.69, 9.17) is 4.52 Å². The molecule has 0 aliphatic rings. The van der Waals surface area contributed by atoms with Gasteiger partial charge in [0.05, 0.1) is 10.9 Å². The van der Waals surface area contributed by atoms with Crippen molar-refractivity contribution >= 4 is 38.6 Å². The van der Waals surface area contributed by atoms with Crippen molar-refractivity contribution in [1.29, 1.82) is 0 Å². The Balaban J connectivity index is 2.01. The van der Waals surface area contributed by atoms with Crippen LogP contribution in [0.15, 0.2) is 45.4 Å². The van der Waals surface area contributed by atoms with Crippen molar-refractivity contribution in [3.63, 3.8) is 0 Å². The van der Waals surface area contributed by atoms with Gasteiger partial charge in [0.2, 0.25) is 0 Å². The fraction of sp³-hybridized carbons (Fsp3) is 0.0667. The van der Waals surface area contributed by atoms with Crippen LogP contribution in [0.3, 0.4) is 0 Å². The van der Waals surface area contributed by atoms with Crippen LogP contribution in [-0.4, -0.2) is 11.1 Å². The van der Waals surface area contributed by atoms with Gasteiger partial charge in [-0.2, -0.15) is 13.2 Å². The highest BCUT2D eigenvalue weighted by Crippen LogP contribution is 2.34. The molecule has 0 spiro atoms. The van der Waals surface area contributed by atoms with Gasteiger partial charge in [-0.3, -0.25) is 4.79 Å². The Bertz CT molecular complexity index is 937. The van der Waals surface area contributed by atoms with Crippen molar-refractivity contribution in [2.24, 2.45) is 0 Å². The summed E-state index contributed by atoms with van der Waals surface area (Å²) in [6, 6.07) is 7.38. The van der Waals surface area contributed by atoms with Crippen LogP contribution >= 0.6 is 15.9 Å². The smallest absolute Gasteiger partial charge is 0.354 e. The van der Waals surface area contributed by atoms with E-state index < -0.39 is 29.0 Å². The Labute approximate surface area is 140 Å². The van der Waals surface area contributed by atoms with E-state index in [-0.39, 0.29) is 5.82 Å². The fourth-order valence-electron chi connectivity index (χ4n) is 2.18. The average molecular weight is 403 g/mol. The normalized spacial score (nSPS) is 11.7. The maximum atomic E-state index is 13.6. The Hall–Kier alpha value is -2.42. The van der Waals surface area contributed by atoms with E-state index in [1.54, 1.807) is 18.2 Å². The van der Waals surface area contributed by atoms with Gasteiger partial charge in [0.1, 0.15) is 11.4 Å². The first-order valence-corrected chi connectivity index (χ1v) is 7.28. The van der Waals surface area contributed by atoms with Crippen LogP contribution in [0.5, 0.6) is 0 Å². The molecule has 1 aromatic heterocycles. The molecule has 9 heteroatoms. The number of hydrogen-bond acceptors (Lipinski definition) is 3. The summed E-state index contributed by atoms with van der Waals surface area (Å²) in [6.07, 6.45) is -5.01. The first-order chi connectivity index (χ1) is 11.3. The molecule has 0 radical (unpaired) electrons. The van der Waals surface area contributed by atoms with Crippen LogP contribution in [-0.2, 0) is 6.18 Å². The van der Waals surface area contributed by atoms with Gasteiger partial charge >= 0.3 is 6.18 Å².